The molecule has 9 rings (SSSR count). The van der Waals surface area contributed by atoms with Gasteiger partial charge >= 0.3 is 22.8 Å². The zero-order valence-electron chi connectivity index (χ0n) is 64.6. The lowest BCUT2D eigenvalue weighted by atomic mass is 9.94. The number of rotatable bonds is 33. The molecule has 9 N–H and O–H groups in total. The van der Waals surface area contributed by atoms with Crippen LogP contribution < -0.4 is 57.7 Å². The first-order valence-corrected chi connectivity index (χ1v) is 36.5. The van der Waals surface area contributed by atoms with Gasteiger partial charge in [-0.05, 0) is 286 Å². The van der Waals surface area contributed by atoms with Crippen LogP contribution in [0.15, 0.2) is 160 Å². The Balaban J connectivity index is 0.960. The van der Waals surface area contributed by atoms with Crippen LogP contribution in [0.1, 0.15) is 164 Å². The Bertz CT molecular complexity index is 5200. The average molecular weight is 1490 g/mol. The molecular formula is C86H100N6O17. The maximum Gasteiger partial charge on any atom is 0.360 e. The van der Waals surface area contributed by atoms with Crippen LogP contribution in [0.4, 0.5) is 17.1 Å². The Hall–Kier alpha value is -11.3. The molecule has 0 bridgehead atoms. The number of hydrogen-bond acceptors (Lipinski definition) is 19. The fourth-order valence-electron chi connectivity index (χ4n) is 12.2. The second-order valence-electron chi connectivity index (χ2n) is 29.9. The van der Waals surface area contributed by atoms with Crippen molar-refractivity contribution in [1.82, 2.24) is 15.5 Å². The second-order valence-corrected chi connectivity index (χ2v) is 29.9. The summed E-state index contributed by atoms with van der Waals surface area (Å²) >= 11 is 0. The van der Waals surface area contributed by atoms with E-state index in [0.29, 0.717) is 126 Å². The van der Waals surface area contributed by atoms with Crippen molar-refractivity contribution >= 4 is 73.7 Å². The van der Waals surface area contributed by atoms with E-state index in [2.05, 4.69) is 80.1 Å². The molecular weight excluding hydrogens is 1390 g/mol. The van der Waals surface area contributed by atoms with Crippen molar-refractivity contribution in [3.8, 4) is 34.5 Å². The lowest BCUT2D eigenvalue weighted by Crippen LogP contribution is -2.39. The Morgan fingerprint density at radius 2 is 0.872 bits per heavy atom. The van der Waals surface area contributed by atoms with Crippen molar-refractivity contribution in [3.63, 3.8) is 0 Å². The number of ether oxygens (including phenoxy) is 3. The maximum atomic E-state index is 14.6. The van der Waals surface area contributed by atoms with E-state index in [4.69, 9.17) is 32.6 Å². The number of carbonyl (C=O) groups is 4. The first-order chi connectivity index (χ1) is 51.6. The molecule has 0 atom stereocenters. The van der Waals surface area contributed by atoms with E-state index < -0.39 is 40.6 Å². The molecule has 6 aromatic carbocycles. The van der Waals surface area contributed by atoms with E-state index in [1.807, 2.05) is 45.9 Å². The van der Waals surface area contributed by atoms with Crippen molar-refractivity contribution in [2.75, 3.05) is 69.0 Å². The highest BCUT2D eigenvalue weighted by Crippen LogP contribution is 2.35. The number of anilines is 3. The quantitative estimate of drug-likeness (QED) is 0.0105. The summed E-state index contributed by atoms with van der Waals surface area (Å²) in [5.41, 5.74) is 4.57. The third kappa shape index (κ3) is 22.0. The number of allylic oxidation sites excluding steroid dienone is 6. The molecule has 3 aromatic heterocycles. The number of hydrogen-bond donors (Lipinski definition) is 9. The molecule has 3 heterocycles. The van der Waals surface area contributed by atoms with E-state index in [0.717, 1.165) is 31.5 Å². The average Bonchev–Trinajstić information content (AvgIpc) is 0.797. The number of amides is 3. The predicted molar refractivity (Wildman–Crippen MR) is 426 cm³/mol. The van der Waals surface area contributed by atoms with E-state index >= 15 is 0 Å². The topological polar surface area (TPSA) is 331 Å². The summed E-state index contributed by atoms with van der Waals surface area (Å²) in [5, 5.41) is 60.1. The molecule has 0 radical (unpaired) electrons. The Kier molecular flexibility index (Phi) is 27.1. The number of nitrogens with zero attached hydrogens (tertiary/aromatic N) is 1. The van der Waals surface area contributed by atoms with Crippen molar-refractivity contribution < 1.29 is 67.1 Å². The molecule has 109 heavy (non-hydrogen) atoms. The van der Waals surface area contributed by atoms with Crippen LogP contribution in [-0.2, 0) is 36.9 Å². The summed E-state index contributed by atoms with van der Waals surface area (Å²) in [5.74, 6) is -1.60. The summed E-state index contributed by atoms with van der Waals surface area (Å²) in [6.07, 6.45) is 8.25. The van der Waals surface area contributed by atoms with Gasteiger partial charge in [0.25, 0.3) is 17.7 Å². The van der Waals surface area contributed by atoms with E-state index in [1.165, 1.54) is 42.5 Å². The minimum Gasteiger partial charge on any atom is -0.508 e. The third-order valence-electron chi connectivity index (χ3n) is 18.8. The van der Waals surface area contributed by atoms with Gasteiger partial charge in [-0.2, -0.15) is 0 Å². The minimum atomic E-state index is -0.964. The first kappa shape index (κ1) is 81.8. The minimum absolute atomic E-state index is 0.00293. The van der Waals surface area contributed by atoms with Crippen LogP contribution in [0.2, 0.25) is 0 Å². The van der Waals surface area contributed by atoms with Gasteiger partial charge in [0, 0.05) is 67.2 Å². The van der Waals surface area contributed by atoms with Crippen LogP contribution in [0, 0.1) is 20.8 Å². The van der Waals surface area contributed by atoms with Gasteiger partial charge in [-0.1, -0.05) is 34.9 Å². The summed E-state index contributed by atoms with van der Waals surface area (Å²) in [6, 6.07) is 25.6. The smallest absolute Gasteiger partial charge is 0.360 e. The molecule has 3 amide bonds. The number of carbonyl (C=O) groups excluding carboxylic acids is 3. The highest BCUT2D eigenvalue weighted by atomic mass is 16.5. The van der Waals surface area contributed by atoms with Crippen LogP contribution >= 0.6 is 0 Å². The van der Waals surface area contributed by atoms with Gasteiger partial charge in [0.05, 0.1) is 26.4 Å². The van der Waals surface area contributed by atoms with E-state index in [9.17, 15) is 48.9 Å². The van der Waals surface area contributed by atoms with Gasteiger partial charge in [-0.3, -0.25) is 19.2 Å². The Morgan fingerprint density at radius 3 is 1.28 bits per heavy atom. The number of benzene rings is 6. The molecule has 576 valence electrons. The van der Waals surface area contributed by atoms with Gasteiger partial charge in [-0.25, -0.2) is 14.4 Å². The lowest BCUT2D eigenvalue weighted by Gasteiger charge is -2.31. The lowest BCUT2D eigenvalue weighted by molar-refractivity contribution is -0.136. The largest absolute Gasteiger partial charge is 0.508 e. The number of nitrogens with one attached hydrogen (secondary N) is 5. The standard InChI is InChI=1S/C86H100N6O17/c1-49(2)18-21-56-41-64(80(99)90-67-46-59-25-29-70(52(5)76(59)108-83(67)102)104-35-15-32-87-48-73(94)95)43-62(74(56)96)39-51(4)20-23-57-42-65(81(100)91-68-47-60-27-31-72(54(7)78(60)109-84(68)103)106-37-17-34-92(14)86(11,12)13)44-63(75(57)97)38-50(3)19-22-55-40-61(24-28-69(55)93)79(98)89-66-45-58-26-30-71(53(6)77(58)107-82(66)101)105-36-16-33-88-85(8,9)10/h18-20,24-31,40-47,87-88,93,96-97H,15-17,21-23,32-39,48H2,1-14H3,(H,89,98)(H,90,99)(H,91,100)(H,94,95)/b50-19+,51-20+. The van der Waals surface area contributed by atoms with Crippen LogP contribution in [-0.4, -0.2) is 113 Å². The molecule has 0 saturated carbocycles. The molecule has 23 nitrogen and oxygen atoms in total. The van der Waals surface area contributed by atoms with Crippen LogP contribution in [0.25, 0.3) is 32.9 Å². The summed E-state index contributed by atoms with van der Waals surface area (Å²) < 4.78 is 35.5. The van der Waals surface area contributed by atoms with Gasteiger partial charge in [0.1, 0.15) is 68.3 Å². The number of aromatic hydroxyl groups is 3. The monoisotopic (exact) mass is 1490 g/mol. The van der Waals surface area contributed by atoms with Crippen LogP contribution in [0.5, 0.6) is 34.5 Å². The molecule has 0 spiro atoms. The van der Waals surface area contributed by atoms with Crippen molar-refractivity contribution in [2.24, 2.45) is 0 Å². The number of aryl methyl sites for hydroxylation is 3. The molecule has 0 aliphatic carbocycles. The molecule has 0 saturated heterocycles. The summed E-state index contributed by atoms with van der Waals surface area (Å²) in [7, 11) is 2.06. The Morgan fingerprint density at radius 1 is 0.486 bits per heavy atom. The van der Waals surface area contributed by atoms with Gasteiger partial charge in [0.15, 0.2) is 0 Å². The maximum absolute atomic E-state index is 14.6. The number of carboxylic acid groups (broad SMARTS) is 1. The number of aliphatic carboxylic acids is 1. The normalized spacial score (nSPS) is 12.1. The zero-order valence-corrected chi connectivity index (χ0v) is 64.6. The molecule has 0 unspecified atom stereocenters. The fraction of sp³-hybridized carbons (Fsp3) is 0.360. The van der Waals surface area contributed by atoms with Gasteiger partial charge < -0.3 is 79.4 Å². The SMILES string of the molecule is CC(C)=CCc1cc(C(=O)Nc2cc3ccc(OCCCNCC(=O)O)c(C)c3oc2=O)cc(C/C(C)=C/Cc2cc(C(=O)Nc3cc4ccc(OCCCN(C)C(C)(C)C)c(C)c4oc3=O)cc(C/C(C)=C/Cc3cc(C(=O)Nc4cc5ccc(OCCCNC(C)(C)C)c(C)c5oc4=O)ccc3O)c2O)c1O. The highest BCUT2D eigenvalue weighted by molar-refractivity contribution is 6.07. The van der Waals surface area contributed by atoms with Crippen molar-refractivity contribution in [1.29, 1.82) is 0 Å². The number of phenolic OH excluding ortho intramolecular Hbond substituents is 3. The van der Waals surface area contributed by atoms with Gasteiger partial charge in [0.2, 0.25) is 0 Å². The third-order valence-corrected chi connectivity index (χ3v) is 18.8. The Labute approximate surface area is 633 Å². The van der Waals surface area contributed by atoms with Crippen LogP contribution in [0.3, 0.4) is 0 Å². The summed E-state index contributed by atoms with van der Waals surface area (Å²) in [6.45, 7) is 28.5. The molecule has 23 heteroatoms. The van der Waals surface area contributed by atoms with Crippen molar-refractivity contribution in [2.45, 2.75) is 152 Å². The van der Waals surface area contributed by atoms with E-state index in [-0.39, 0.29) is 113 Å². The zero-order chi connectivity index (χ0) is 79.2. The number of phenols is 3. The van der Waals surface area contributed by atoms with Gasteiger partial charge in [-0.15, -0.1) is 0 Å². The summed E-state index contributed by atoms with van der Waals surface area (Å²) in [4.78, 5) is 96.5. The molecule has 0 aliphatic rings. The molecule has 0 aliphatic heterocycles. The number of fused-ring (bicyclic) bond motifs is 3. The second kappa shape index (κ2) is 36.1. The first-order valence-electron chi connectivity index (χ1n) is 36.5. The fourth-order valence-corrected chi connectivity index (χ4v) is 12.2. The van der Waals surface area contributed by atoms with E-state index in [1.54, 1.807) is 75.4 Å². The highest BCUT2D eigenvalue weighted by Gasteiger charge is 2.24. The molecule has 9 aromatic rings. The number of carboxylic acids is 1. The van der Waals surface area contributed by atoms with Crippen molar-refractivity contribution in [3.05, 3.63) is 224 Å². The predicted octanol–water partition coefficient (Wildman–Crippen LogP) is 14.9. The molecule has 0 fully saturated rings.